The Morgan fingerprint density at radius 1 is 1.35 bits per heavy atom. The van der Waals surface area contributed by atoms with Crippen molar-refractivity contribution < 1.29 is 4.39 Å². The van der Waals surface area contributed by atoms with Crippen molar-refractivity contribution >= 4 is 15.9 Å². The molecule has 2 aromatic rings. The fourth-order valence-corrected chi connectivity index (χ4v) is 2.04. The van der Waals surface area contributed by atoms with Crippen molar-refractivity contribution in [3.63, 3.8) is 0 Å². The van der Waals surface area contributed by atoms with E-state index in [1.807, 2.05) is 19.3 Å². The summed E-state index contributed by atoms with van der Waals surface area (Å²) >= 11 is 3.34. The molecular formula is C12H13BrFN3. The third-order valence-corrected chi connectivity index (χ3v) is 3.14. The number of hydrogen-bond acceptors (Lipinski definition) is 2. The van der Waals surface area contributed by atoms with E-state index in [0.717, 1.165) is 15.7 Å². The molecule has 3 nitrogen and oxygen atoms in total. The van der Waals surface area contributed by atoms with Crippen LogP contribution in [0.25, 0.3) is 0 Å². The fourth-order valence-electron chi connectivity index (χ4n) is 1.55. The van der Waals surface area contributed by atoms with Gasteiger partial charge in [-0.15, -0.1) is 0 Å². The normalized spacial score (nSPS) is 10.8. The first kappa shape index (κ1) is 12.3. The lowest BCUT2D eigenvalue weighted by Gasteiger charge is -2.05. The number of aromatic nitrogens is 2. The largest absolute Gasteiger partial charge is 0.307 e. The van der Waals surface area contributed by atoms with E-state index in [1.165, 1.54) is 12.1 Å². The fraction of sp³-hybridized carbons (Fsp3) is 0.250. The molecule has 0 saturated carbocycles. The number of nitrogens with zero attached hydrogens (tertiary/aromatic N) is 2. The molecule has 0 fully saturated rings. The van der Waals surface area contributed by atoms with Crippen molar-refractivity contribution in [3.8, 4) is 0 Å². The highest BCUT2D eigenvalue weighted by Gasteiger charge is 2.02. The second kappa shape index (κ2) is 5.42. The molecule has 0 aliphatic carbocycles. The number of aryl methyl sites for hydroxylation is 1. The van der Waals surface area contributed by atoms with Crippen molar-refractivity contribution in [2.75, 3.05) is 0 Å². The molecular weight excluding hydrogens is 285 g/mol. The van der Waals surface area contributed by atoms with Gasteiger partial charge in [0.1, 0.15) is 5.82 Å². The average Bonchev–Trinajstić information content (AvgIpc) is 2.68. The standard InChI is InChI=1S/C12H13BrFN3/c1-17-5-4-11(16-17)8-15-7-9-2-3-10(14)6-12(9)13/h2-6,15H,7-8H2,1H3. The molecule has 0 unspecified atom stereocenters. The molecule has 1 aromatic heterocycles. The molecule has 1 N–H and O–H groups in total. The predicted octanol–water partition coefficient (Wildman–Crippen LogP) is 2.61. The Morgan fingerprint density at radius 2 is 2.18 bits per heavy atom. The van der Waals surface area contributed by atoms with E-state index in [2.05, 4.69) is 26.3 Å². The van der Waals surface area contributed by atoms with Crippen LogP contribution in [0.3, 0.4) is 0 Å². The highest BCUT2D eigenvalue weighted by atomic mass is 79.9. The van der Waals surface area contributed by atoms with Crippen LogP contribution in [-0.2, 0) is 20.1 Å². The number of hydrogen-bond donors (Lipinski definition) is 1. The van der Waals surface area contributed by atoms with Gasteiger partial charge in [0.05, 0.1) is 5.69 Å². The van der Waals surface area contributed by atoms with Gasteiger partial charge in [-0.3, -0.25) is 4.68 Å². The molecule has 0 radical (unpaired) electrons. The zero-order chi connectivity index (χ0) is 12.3. The molecule has 1 aromatic carbocycles. The summed E-state index contributed by atoms with van der Waals surface area (Å²) in [5.74, 6) is -0.231. The van der Waals surface area contributed by atoms with Crippen LogP contribution in [0, 0.1) is 5.82 Å². The SMILES string of the molecule is Cn1ccc(CNCc2ccc(F)cc2Br)n1. The van der Waals surface area contributed by atoms with Crippen molar-refractivity contribution in [3.05, 3.63) is 52.0 Å². The molecule has 0 amide bonds. The van der Waals surface area contributed by atoms with Crippen molar-refractivity contribution in [1.82, 2.24) is 15.1 Å². The minimum absolute atomic E-state index is 0.231. The summed E-state index contributed by atoms with van der Waals surface area (Å²) in [5, 5.41) is 7.52. The van der Waals surface area contributed by atoms with Crippen molar-refractivity contribution in [1.29, 1.82) is 0 Å². The zero-order valence-corrected chi connectivity index (χ0v) is 11.0. The maximum Gasteiger partial charge on any atom is 0.124 e. The lowest BCUT2D eigenvalue weighted by molar-refractivity contribution is 0.621. The summed E-state index contributed by atoms with van der Waals surface area (Å²) in [5.41, 5.74) is 2.02. The zero-order valence-electron chi connectivity index (χ0n) is 9.45. The Kier molecular flexibility index (Phi) is 3.91. The number of nitrogens with one attached hydrogen (secondary N) is 1. The van der Waals surface area contributed by atoms with E-state index in [1.54, 1.807) is 10.7 Å². The maximum atomic E-state index is 12.9. The maximum absolute atomic E-state index is 12.9. The quantitative estimate of drug-likeness (QED) is 0.940. The number of benzene rings is 1. The summed E-state index contributed by atoms with van der Waals surface area (Å²) in [6.45, 7) is 1.38. The summed E-state index contributed by atoms with van der Waals surface area (Å²) in [6, 6.07) is 6.66. The smallest absolute Gasteiger partial charge is 0.124 e. The molecule has 90 valence electrons. The molecule has 5 heteroatoms. The van der Waals surface area contributed by atoms with Crippen LogP contribution in [0.2, 0.25) is 0 Å². The summed E-state index contributed by atoms with van der Waals surface area (Å²) in [7, 11) is 1.89. The first-order valence-corrected chi connectivity index (χ1v) is 6.07. The average molecular weight is 298 g/mol. The highest BCUT2D eigenvalue weighted by molar-refractivity contribution is 9.10. The number of halogens is 2. The third-order valence-electron chi connectivity index (χ3n) is 2.41. The van der Waals surface area contributed by atoms with Gasteiger partial charge in [-0.1, -0.05) is 22.0 Å². The van der Waals surface area contributed by atoms with Gasteiger partial charge in [-0.25, -0.2) is 4.39 Å². The molecule has 17 heavy (non-hydrogen) atoms. The predicted molar refractivity (Wildman–Crippen MR) is 67.9 cm³/mol. The molecule has 0 spiro atoms. The van der Waals surface area contributed by atoms with E-state index in [0.29, 0.717) is 13.1 Å². The monoisotopic (exact) mass is 297 g/mol. The van der Waals surface area contributed by atoms with Crippen LogP contribution in [0.5, 0.6) is 0 Å². The van der Waals surface area contributed by atoms with E-state index in [9.17, 15) is 4.39 Å². The van der Waals surface area contributed by atoms with Crippen LogP contribution >= 0.6 is 15.9 Å². The van der Waals surface area contributed by atoms with Crippen LogP contribution in [0.4, 0.5) is 4.39 Å². The Labute approximate surface area is 108 Å². The van der Waals surface area contributed by atoms with Gasteiger partial charge in [-0.05, 0) is 23.8 Å². The van der Waals surface area contributed by atoms with Crippen LogP contribution in [0.1, 0.15) is 11.3 Å². The minimum Gasteiger partial charge on any atom is -0.307 e. The van der Waals surface area contributed by atoms with Gasteiger partial charge in [-0.2, -0.15) is 5.10 Å². The van der Waals surface area contributed by atoms with Crippen LogP contribution in [0.15, 0.2) is 34.9 Å². The second-order valence-corrected chi connectivity index (χ2v) is 4.67. The molecule has 0 bridgehead atoms. The Balaban J connectivity index is 1.90. The molecule has 1 heterocycles. The topological polar surface area (TPSA) is 29.9 Å². The molecule has 0 aliphatic heterocycles. The van der Waals surface area contributed by atoms with E-state index in [-0.39, 0.29) is 5.82 Å². The highest BCUT2D eigenvalue weighted by Crippen LogP contribution is 2.17. The van der Waals surface area contributed by atoms with Gasteiger partial charge in [0.15, 0.2) is 0 Å². The van der Waals surface area contributed by atoms with E-state index in [4.69, 9.17) is 0 Å². The van der Waals surface area contributed by atoms with Gasteiger partial charge in [0, 0.05) is 30.8 Å². The minimum atomic E-state index is -0.231. The molecule has 0 saturated heterocycles. The van der Waals surface area contributed by atoms with Gasteiger partial charge in [0.25, 0.3) is 0 Å². The van der Waals surface area contributed by atoms with Gasteiger partial charge in [0.2, 0.25) is 0 Å². The second-order valence-electron chi connectivity index (χ2n) is 3.82. The first-order valence-electron chi connectivity index (χ1n) is 5.28. The Hall–Kier alpha value is -1.20. The third kappa shape index (κ3) is 3.38. The lowest BCUT2D eigenvalue weighted by Crippen LogP contribution is -2.13. The Bertz CT molecular complexity index is 510. The molecule has 0 aliphatic rings. The van der Waals surface area contributed by atoms with E-state index < -0.39 is 0 Å². The molecule has 0 atom stereocenters. The first-order chi connectivity index (χ1) is 8.15. The van der Waals surface area contributed by atoms with Crippen LogP contribution < -0.4 is 5.32 Å². The van der Waals surface area contributed by atoms with Gasteiger partial charge < -0.3 is 5.32 Å². The van der Waals surface area contributed by atoms with Crippen LogP contribution in [-0.4, -0.2) is 9.78 Å². The summed E-state index contributed by atoms with van der Waals surface area (Å²) in [4.78, 5) is 0. The molecule has 2 rings (SSSR count). The number of rotatable bonds is 4. The Morgan fingerprint density at radius 3 is 2.82 bits per heavy atom. The van der Waals surface area contributed by atoms with Crippen molar-refractivity contribution in [2.24, 2.45) is 7.05 Å². The summed E-state index contributed by atoms with van der Waals surface area (Å²) in [6.07, 6.45) is 1.91. The van der Waals surface area contributed by atoms with Crippen molar-refractivity contribution in [2.45, 2.75) is 13.1 Å². The van der Waals surface area contributed by atoms with E-state index >= 15 is 0 Å². The lowest BCUT2D eigenvalue weighted by atomic mass is 10.2. The summed E-state index contributed by atoms with van der Waals surface area (Å²) < 4.78 is 15.4. The van der Waals surface area contributed by atoms with Gasteiger partial charge >= 0.3 is 0 Å².